The summed E-state index contributed by atoms with van der Waals surface area (Å²) in [6, 6.07) is 0. The zero-order chi connectivity index (χ0) is 15.3. The van der Waals surface area contributed by atoms with Gasteiger partial charge in [-0.2, -0.15) is 0 Å². The maximum absolute atomic E-state index is 11.3. The summed E-state index contributed by atoms with van der Waals surface area (Å²) in [5, 5.41) is 0. The van der Waals surface area contributed by atoms with E-state index in [2.05, 4.69) is 13.0 Å². The molecule has 0 bridgehead atoms. The predicted octanol–water partition coefficient (Wildman–Crippen LogP) is 3.15. The van der Waals surface area contributed by atoms with Crippen LogP contribution in [0.5, 0.6) is 0 Å². The van der Waals surface area contributed by atoms with E-state index in [9.17, 15) is 4.79 Å². The summed E-state index contributed by atoms with van der Waals surface area (Å²) in [7, 11) is 1.64. The second-order valence-corrected chi connectivity index (χ2v) is 5.78. The number of allylic oxidation sites excluding steroid dienone is 2. The highest BCUT2D eigenvalue weighted by molar-refractivity contribution is 5.81. The van der Waals surface area contributed by atoms with Crippen molar-refractivity contribution in [3.63, 3.8) is 0 Å². The first-order valence-electron chi connectivity index (χ1n) is 7.47. The fourth-order valence-corrected chi connectivity index (χ4v) is 3.22. The van der Waals surface area contributed by atoms with E-state index in [1.165, 1.54) is 11.6 Å². The fourth-order valence-electron chi connectivity index (χ4n) is 3.22. The van der Waals surface area contributed by atoms with E-state index in [1.807, 2.05) is 12.2 Å². The molecule has 1 heterocycles. The molecule has 0 radical (unpaired) electrons. The lowest BCUT2D eigenvalue weighted by Crippen LogP contribution is -2.26. The van der Waals surface area contributed by atoms with Crippen LogP contribution in [0, 0.1) is 5.92 Å². The Bertz CT molecular complexity index is 463. The number of methoxy groups -OCH3 is 1. The van der Waals surface area contributed by atoms with Crippen LogP contribution in [0.4, 0.5) is 0 Å². The highest BCUT2D eigenvalue weighted by atomic mass is 16.5. The molecule has 116 valence electrons. The van der Waals surface area contributed by atoms with Crippen molar-refractivity contribution in [1.29, 1.82) is 0 Å². The third-order valence-corrected chi connectivity index (χ3v) is 4.17. The normalized spacial score (nSPS) is 34.0. The van der Waals surface area contributed by atoms with E-state index in [0.717, 1.165) is 19.3 Å². The van der Waals surface area contributed by atoms with Crippen molar-refractivity contribution >= 4 is 5.97 Å². The molecule has 1 saturated heterocycles. The van der Waals surface area contributed by atoms with Gasteiger partial charge in [0.15, 0.2) is 0 Å². The number of hydrogen-bond acceptors (Lipinski definition) is 4. The van der Waals surface area contributed by atoms with Crippen molar-refractivity contribution < 1.29 is 19.0 Å². The van der Waals surface area contributed by atoms with E-state index in [0.29, 0.717) is 12.5 Å². The zero-order valence-electron chi connectivity index (χ0n) is 13.0. The van der Waals surface area contributed by atoms with Crippen LogP contribution in [0.15, 0.2) is 36.1 Å². The maximum Gasteiger partial charge on any atom is 0.330 e. The van der Waals surface area contributed by atoms with Crippen LogP contribution < -0.4 is 0 Å². The van der Waals surface area contributed by atoms with Crippen LogP contribution in [-0.4, -0.2) is 31.4 Å². The Morgan fingerprint density at radius 1 is 1.52 bits per heavy atom. The zero-order valence-corrected chi connectivity index (χ0v) is 13.0. The maximum atomic E-state index is 11.3. The van der Waals surface area contributed by atoms with Gasteiger partial charge in [0.25, 0.3) is 0 Å². The second kappa shape index (κ2) is 6.94. The summed E-state index contributed by atoms with van der Waals surface area (Å²) < 4.78 is 15.9. The Morgan fingerprint density at radius 2 is 2.33 bits per heavy atom. The average Bonchev–Trinajstić information content (AvgIpc) is 2.88. The minimum absolute atomic E-state index is 0.0143. The van der Waals surface area contributed by atoms with E-state index in [1.54, 1.807) is 20.3 Å². The molecule has 0 aromatic rings. The highest BCUT2D eigenvalue weighted by Gasteiger charge is 2.48. The van der Waals surface area contributed by atoms with Crippen molar-refractivity contribution in [3.05, 3.63) is 36.1 Å². The topological polar surface area (TPSA) is 44.8 Å². The van der Waals surface area contributed by atoms with Crippen molar-refractivity contribution in [2.45, 2.75) is 44.8 Å². The van der Waals surface area contributed by atoms with Gasteiger partial charge in [0.05, 0.1) is 31.7 Å². The van der Waals surface area contributed by atoms with Crippen LogP contribution in [0.25, 0.3) is 0 Å². The molecule has 2 fully saturated rings. The van der Waals surface area contributed by atoms with Crippen LogP contribution in [0.3, 0.4) is 0 Å². The SMILES string of the molecule is CCOC(=O)/C=C/C1CC2C/C(=C\C=C\OC)CC2(C)O1. The Balaban J connectivity index is 1.91. The van der Waals surface area contributed by atoms with Crippen molar-refractivity contribution in [1.82, 2.24) is 0 Å². The first kappa shape index (κ1) is 15.8. The molecule has 2 rings (SSSR count). The molecule has 0 N–H and O–H groups in total. The number of fused-ring (bicyclic) bond motifs is 1. The molecule has 4 heteroatoms. The van der Waals surface area contributed by atoms with Crippen molar-refractivity contribution in [3.8, 4) is 0 Å². The smallest absolute Gasteiger partial charge is 0.330 e. The van der Waals surface area contributed by atoms with Gasteiger partial charge in [0.1, 0.15) is 0 Å². The van der Waals surface area contributed by atoms with Gasteiger partial charge in [-0.1, -0.05) is 11.6 Å². The first-order chi connectivity index (χ1) is 10.1. The molecular formula is C17H24O4. The van der Waals surface area contributed by atoms with Gasteiger partial charge >= 0.3 is 5.97 Å². The van der Waals surface area contributed by atoms with Gasteiger partial charge in [-0.3, -0.25) is 0 Å². The number of ether oxygens (including phenoxy) is 3. The first-order valence-corrected chi connectivity index (χ1v) is 7.47. The third kappa shape index (κ3) is 3.97. The summed E-state index contributed by atoms with van der Waals surface area (Å²) >= 11 is 0. The molecule has 3 unspecified atom stereocenters. The quantitative estimate of drug-likeness (QED) is 0.443. The van der Waals surface area contributed by atoms with Gasteiger partial charge in [-0.25, -0.2) is 4.79 Å². The minimum Gasteiger partial charge on any atom is -0.504 e. The summed E-state index contributed by atoms with van der Waals surface area (Å²) in [5.74, 6) is 0.213. The van der Waals surface area contributed by atoms with Crippen LogP contribution in [0.1, 0.15) is 33.1 Å². The number of carbonyl (C=O) groups excluding carboxylic acids is 1. The molecule has 0 aromatic carbocycles. The average molecular weight is 292 g/mol. The Hall–Kier alpha value is -1.55. The second-order valence-electron chi connectivity index (χ2n) is 5.78. The van der Waals surface area contributed by atoms with Gasteiger partial charge in [0.2, 0.25) is 0 Å². The number of esters is 1. The standard InChI is InChI=1S/C17H24O4/c1-4-20-16(18)8-7-15-11-14-10-13(6-5-9-19-3)12-17(14,2)21-15/h5-9,14-15H,4,10-12H2,1-3H3/b8-7+,9-5+,13-6+. The Labute approximate surface area is 126 Å². The molecule has 4 nitrogen and oxygen atoms in total. The predicted molar refractivity (Wildman–Crippen MR) is 80.6 cm³/mol. The molecule has 21 heavy (non-hydrogen) atoms. The minimum atomic E-state index is -0.298. The lowest BCUT2D eigenvalue weighted by atomic mass is 9.92. The van der Waals surface area contributed by atoms with Crippen LogP contribution in [0.2, 0.25) is 0 Å². The highest BCUT2D eigenvalue weighted by Crippen LogP contribution is 2.50. The molecule has 0 aromatic heterocycles. The molecule has 0 spiro atoms. The Morgan fingerprint density at radius 3 is 3.00 bits per heavy atom. The molecule has 1 saturated carbocycles. The van der Waals surface area contributed by atoms with Crippen molar-refractivity contribution in [2.24, 2.45) is 5.92 Å². The molecule has 2 aliphatic rings. The summed E-state index contributed by atoms with van der Waals surface area (Å²) in [4.78, 5) is 11.3. The number of rotatable bonds is 5. The van der Waals surface area contributed by atoms with Gasteiger partial charge in [0, 0.05) is 6.08 Å². The van der Waals surface area contributed by atoms with E-state index >= 15 is 0 Å². The number of carbonyl (C=O) groups is 1. The molecule has 1 aliphatic carbocycles. The summed E-state index contributed by atoms with van der Waals surface area (Å²) in [5.41, 5.74) is 1.28. The van der Waals surface area contributed by atoms with E-state index in [4.69, 9.17) is 14.2 Å². The molecule has 1 aliphatic heterocycles. The molecule has 0 amide bonds. The van der Waals surface area contributed by atoms with Crippen LogP contribution in [-0.2, 0) is 19.0 Å². The van der Waals surface area contributed by atoms with Gasteiger partial charge in [-0.05, 0) is 51.2 Å². The lowest BCUT2D eigenvalue weighted by molar-refractivity contribution is -0.137. The van der Waals surface area contributed by atoms with Gasteiger partial charge < -0.3 is 14.2 Å². The van der Waals surface area contributed by atoms with E-state index < -0.39 is 0 Å². The Kier molecular flexibility index (Phi) is 5.23. The lowest BCUT2D eigenvalue weighted by Gasteiger charge is -2.22. The third-order valence-electron chi connectivity index (χ3n) is 4.17. The molecular weight excluding hydrogens is 268 g/mol. The largest absolute Gasteiger partial charge is 0.504 e. The van der Waals surface area contributed by atoms with Gasteiger partial charge in [-0.15, -0.1) is 0 Å². The summed E-state index contributed by atoms with van der Waals surface area (Å²) in [6.07, 6.45) is 12.0. The number of hydrogen-bond donors (Lipinski definition) is 0. The van der Waals surface area contributed by atoms with Crippen LogP contribution >= 0.6 is 0 Å². The fraction of sp³-hybridized carbons (Fsp3) is 0.588. The summed E-state index contributed by atoms with van der Waals surface area (Å²) in [6.45, 7) is 4.37. The molecule has 3 atom stereocenters. The monoisotopic (exact) mass is 292 g/mol. The van der Waals surface area contributed by atoms with E-state index in [-0.39, 0.29) is 17.7 Å². The van der Waals surface area contributed by atoms with Crippen molar-refractivity contribution in [2.75, 3.05) is 13.7 Å².